The number of aliphatic carboxylic acids is 1. The Hall–Kier alpha value is -1.97. The number of pyridine rings is 1. The van der Waals surface area contributed by atoms with Crippen LogP contribution in [0.5, 0.6) is 0 Å². The second kappa shape index (κ2) is 5.80. The summed E-state index contributed by atoms with van der Waals surface area (Å²) in [6.45, 7) is 1.86. The number of hydrogen-bond donors (Lipinski definition) is 1. The van der Waals surface area contributed by atoms with Crippen LogP contribution in [0.1, 0.15) is 24.2 Å². The van der Waals surface area contributed by atoms with Gasteiger partial charge in [0.25, 0.3) is 0 Å². The van der Waals surface area contributed by atoms with Crippen molar-refractivity contribution in [2.75, 3.05) is 0 Å². The Kier molecular flexibility index (Phi) is 4.39. The highest BCUT2D eigenvalue weighted by atomic mass is 16.4. The third-order valence-electron chi connectivity index (χ3n) is 1.94. The van der Waals surface area contributed by atoms with Crippen molar-refractivity contribution in [3.63, 3.8) is 0 Å². The maximum atomic E-state index is 11.2. The fraction of sp³-hybridized carbons (Fsp3) is 0.250. The average Bonchev–Trinajstić information content (AvgIpc) is 2.23. The number of aromatic nitrogens is 1. The zero-order chi connectivity index (χ0) is 12.0. The van der Waals surface area contributed by atoms with Gasteiger partial charge in [0, 0.05) is 12.1 Å². The zero-order valence-corrected chi connectivity index (χ0v) is 9.01. The van der Waals surface area contributed by atoms with Crippen molar-refractivity contribution in [1.29, 1.82) is 0 Å². The van der Waals surface area contributed by atoms with Gasteiger partial charge in [-0.05, 0) is 31.2 Å². The number of nitrogens with zero attached hydrogens (tertiary/aromatic N) is 1. The van der Waals surface area contributed by atoms with E-state index in [0.29, 0.717) is 5.69 Å². The van der Waals surface area contributed by atoms with Gasteiger partial charge in [-0.2, -0.15) is 0 Å². The van der Waals surface area contributed by atoms with E-state index in [1.54, 1.807) is 12.1 Å². The van der Waals surface area contributed by atoms with E-state index in [1.165, 1.54) is 6.08 Å². The SMILES string of the molecule is Cc1cccc(/C=C/C(=O)CCC(=O)O)n1. The van der Waals surface area contributed by atoms with Crippen LogP contribution in [-0.4, -0.2) is 21.8 Å². The van der Waals surface area contributed by atoms with Gasteiger partial charge in [0.15, 0.2) is 5.78 Å². The Labute approximate surface area is 93.6 Å². The van der Waals surface area contributed by atoms with Crippen molar-refractivity contribution in [1.82, 2.24) is 4.98 Å². The fourth-order valence-electron chi connectivity index (χ4n) is 1.15. The van der Waals surface area contributed by atoms with E-state index in [2.05, 4.69) is 4.98 Å². The Morgan fingerprint density at radius 1 is 1.38 bits per heavy atom. The Morgan fingerprint density at radius 3 is 2.75 bits per heavy atom. The summed E-state index contributed by atoms with van der Waals surface area (Å²) in [6.07, 6.45) is 2.85. The lowest BCUT2D eigenvalue weighted by Gasteiger charge is -1.94. The second-order valence-corrected chi connectivity index (χ2v) is 3.40. The molecule has 84 valence electrons. The number of carbonyl (C=O) groups excluding carboxylic acids is 1. The molecule has 0 spiro atoms. The van der Waals surface area contributed by atoms with Crippen LogP contribution in [0.4, 0.5) is 0 Å². The molecular formula is C12H13NO3. The molecule has 0 aliphatic rings. The molecule has 0 radical (unpaired) electrons. The summed E-state index contributed by atoms with van der Waals surface area (Å²) in [5.41, 5.74) is 1.57. The second-order valence-electron chi connectivity index (χ2n) is 3.40. The monoisotopic (exact) mass is 219 g/mol. The summed E-state index contributed by atoms with van der Waals surface area (Å²) in [5.74, 6) is -1.17. The van der Waals surface area contributed by atoms with Gasteiger partial charge in [0.05, 0.1) is 12.1 Å². The number of allylic oxidation sites excluding steroid dienone is 1. The molecule has 1 N–H and O–H groups in total. The molecule has 0 fully saturated rings. The minimum atomic E-state index is -0.963. The van der Waals surface area contributed by atoms with E-state index < -0.39 is 5.97 Å². The van der Waals surface area contributed by atoms with Crippen molar-refractivity contribution in [2.45, 2.75) is 19.8 Å². The van der Waals surface area contributed by atoms with E-state index in [-0.39, 0.29) is 18.6 Å². The largest absolute Gasteiger partial charge is 0.481 e. The van der Waals surface area contributed by atoms with Gasteiger partial charge in [0.1, 0.15) is 0 Å². The van der Waals surface area contributed by atoms with Crippen molar-refractivity contribution in [2.24, 2.45) is 0 Å². The van der Waals surface area contributed by atoms with Crippen LogP contribution < -0.4 is 0 Å². The summed E-state index contributed by atoms with van der Waals surface area (Å²) in [5, 5.41) is 8.40. The number of carboxylic acid groups (broad SMARTS) is 1. The molecule has 0 amide bonds. The first-order valence-corrected chi connectivity index (χ1v) is 4.94. The summed E-state index contributed by atoms with van der Waals surface area (Å²) in [4.78, 5) is 25.6. The molecule has 0 unspecified atom stereocenters. The van der Waals surface area contributed by atoms with Crippen molar-refractivity contribution >= 4 is 17.8 Å². The maximum Gasteiger partial charge on any atom is 0.303 e. The quantitative estimate of drug-likeness (QED) is 0.767. The molecular weight excluding hydrogens is 206 g/mol. The highest BCUT2D eigenvalue weighted by Gasteiger charge is 2.01. The highest BCUT2D eigenvalue weighted by molar-refractivity contribution is 5.94. The molecule has 0 aliphatic carbocycles. The van der Waals surface area contributed by atoms with Gasteiger partial charge in [-0.15, -0.1) is 0 Å². The van der Waals surface area contributed by atoms with Gasteiger partial charge in [-0.3, -0.25) is 14.6 Å². The Bertz CT molecular complexity index is 424. The molecule has 4 heteroatoms. The first-order valence-electron chi connectivity index (χ1n) is 4.94. The van der Waals surface area contributed by atoms with E-state index >= 15 is 0 Å². The average molecular weight is 219 g/mol. The van der Waals surface area contributed by atoms with Crippen LogP contribution in [0.15, 0.2) is 24.3 Å². The standard InChI is InChI=1S/C12H13NO3/c1-9-3-2-4-10(13-9)5-6-11(14)7-8-12(15)16/h2-6H,7-8H2,1H3,(H,15,16)/b6-5+. The summed E-state index contributed by atoms with van der Waals surface area (Å²) in [7, 11) is 0. The van der Waals surface area contributed by atoms with Crippen LogP contribution in [0.3, 0.4) is 0 Å². The topological polar surface area (TPSA) is 67.3 Å². The Morgan fingerprint density at radius 2 is 2.12 bits per heavy atom. The molecule has 0 saturated carbocycles. The van der Waals surface area contributed by atoms with Crippen molar-refractivity contribution in [3.8, 4) is 0 Å². The smallest absolute Gasteiger partial charge is 0.303 e. The third-order valence-corrected chi connectivity index (χ3v) is 1.94. The van der Waals surface area contributed by atoms with Crippen LogP contribution in [0, 0.1) is 6.92 Å². The number of carboxylic acids is 1. The number of aryl methyl sites for hydroxylation is 1. The minimum Gasteiger partial charge on any atom is -0.481 e. The molecule has 0 aliphatic heterocycles. The Balaban J connectivity index is 2.53. The number of carbonyl (C=O) groups is 2. The lowest BCUT2D eigenvalue weighted by molar-refractivity contribution is -0.138. The molecule has 4 nitrogen and oxygen atoms in total. The molecule has 1 aromatic rings. The molecule has 1 heterocycles. The fourth-order valence-corrected chi connectivity index (χ4v) is 1.15. The van der Waals surface area contributed by atoms with Gasteiger partial charge in [-0.25, -0.2) is 0 Å². The molecule has 1 rings (SSSR count). The predicted molar refractivity (Wildman–Crippen MR) is 59.9 cm³/mol. The molecule has 0 bridgehead atoms. The van der Waals surface area contributed by atoms with E-state index in [9.17, 15) is 9.59 Å². The summed E-state index contributed by atoms with van der Waals surface area (Å²) < 4.78 is 0. The maximum absolute atomic E-state index is 11.2. The summed E-state index contributed by atoms with van der Waals surface area (Å²) in [6, 6.07) is 5.50. The predicted octanol–water partition coefficient (Wildman–Crippen LogP) is 1.84. The highest BCUT2D eigenvalue weighted by Crippen LogP contribution is 2.01. The van der Waals surface area contributed by atoms with Gasteiger partial charge >= 0.3 is 5.97 Å². The van der Waals surface area contributed by atoms with Crippen molar-refractivity contribution < 1.29 is 14.7 Å². The van der Waals surface area contributed by atoms with Crippen LogP contribution in [-0.2, 0) is 9.59 Å². The molecule has 0 saturated heterocycles. The first-order chi connectivity index (χ1) is 7.58. The van der Waals surface area contributed by atoms with Crippen LogP contribution in [0.2, 0.25) is 0 Å². The third kappa shape index (κ3) is 4.50. The van der Waals surface area contributed by atoms with Crippen LogP contribution in [0.25, 0.3) is 6.08 Å². The minimum absolute atomic E-state index is 0.0254. The number of ketones is 1. The van der Waals surface area contributed by atoms with Crippen LogP contribution >= 0.6 is 0 Å². The van der Waals surface area contributed by atoms with Gasteiger partial charge < -0.3 is 5.11 Å². The van der Waals surface area contributed by atoms with E-state index in [4.69, 9.17) is 5.11 Å². The number of rotatable bonds is 5. The normalized spacial score (nSPS) is 10.6. The first kappa shape index (κ1) is 12.1. The molecule has 0 aromatic carbocycles. The molecule has 16 heavy (non-hydrogen) atoms. The zero-order valence-electron chi connectivity index (χ0n) is 9.01. The van der Waals surface area contributed by atoms with E-state index in [1.807, 2.05) is 19.1 Å². The lowest BCUT2D eigenvalue weighted by Crippen LogP contribution is -2.00. The van der Waals surface area contributed by atoms with Gasteiger partial charge in [-0.1, -0.05) is 6.07 Å². The van der Waals surface area contributed by atoms with E-state index in [0.717, 1.165) is 5.69 Å². The molecule has 1 aromatic heterocycles. The number of hydrogen-bond acceptors (Lipinski definition) is 3. The molecule has 0 atom stereocenters. The van der Waals surface area contributed by atoms with Crippen molar-refractivity contribution in [3.05, 3.63) is 35.7 Å². The summed E-state index contributed by atoms with van der Waals surface area (Å²) >= 11 is 0. The lowest BCUT2D eigenvalue weighted by atomic mass is 10.2. The van der Waals surface area contributed by atoms with Gasteiger partial charge in [0.2, 0.25) is 0 Å².